The topological polar surface area (TPSA) is 57.0 Å². The van der Waals surface area contributed by atoms with Gasteiger partial charge in [-0.15, -0.1) is 0 Å². The Morgan fingerprint density at radius 3 is 3.25 bits per heavy atom. The highest BCUT2D eigenvalue weighted by Crippen LogP contribution is 2.28. The highest BCUT2D eigenvalue weighted by atomic mass is 16.3. The van der Waals surface area contributed by atoms with Crippen molar-refractivity contribution >= 4 is 16.9 Å². The van der Waals surface area contributed by atoms with E-state index < -0.39 is 0 Å². The van der Waals surface area contributed by atoms with Crippen molar-refractivity contribution < 1.29 is 4.42 Å². The molecule has 1 aliphatic rings. The maximum Gasteiger partial charge on any atom is 0.200 e. The summed E-state index contributed by atoms with van der Waals surface area (Å²) < 4.78 is 7.63. The van der Waals surface area contributed by atoms with Gasteiger partial charge < -0.3 is 14.7 Å². The van der Waals surface area contributed by atoms with Crippen molar-refractivity contribution in [2.24, 2.45) is 5.92 Å². The number of furan rings is 1. The molecule has 1 aromatic carbocycles. The van der Waals surface area contributed by atoms with E-state index in [-0.39, 0.29) is 0 Å². The Hall–Kier alpha value is -2.23. The number of anilines is 1. The minimum Gasteiger partial charge on any atom is -0.464 e. The number of hydrogen-bond acceptors (Lipinski definition) is 3. The van der Waals surface area contributed by atoms with Gasteiger partial charge in [-0.25, -0.2) is 4.98 Å². The predicted molar refractivity (Wildman–Crippen MR) is 78.4 cm³/mol. The van der Waals surface area contributed by atoms with Gasteiger partial charge in [0.15, 0.2) is 5.95 Å². The molecule has 0 aliphatic carbocycles. The van der Waals surface area contributed by atoms with Crippen molar-refractivity contribution in [2.45, 2.75) is 25.8 Å². The molecule has 0 fully saturated rings. The lowest BCUT2D eigenvalue weighted by atomic mass is 9.90. The third kappa shape index (κ3) is 1.80. The van der Waals surface area contributed by atoms with Crippen LogP contribution in [0.1, 0.15) is 17.7 Å². The van der Waals surface area contributed by atoms with E-state index in [1.165, 1.54) is 23.1 Å². The molecule has 0 saturated carbocycles. The number of hydrogen-bond donors (Lipinski definition) is 1. The fourth-order valence-electron chi connectivity index (χ4n) is 3.25. The molecule has 0 radical (unpaired) electrons. The first-order chi connectivity index (χ1) is 9.81. The average Bonchev–Trinajstić information content (AvgIpc) is 3.07. The van der Waals surface area contributed by atoms with E-state index in [0.717, 1.165) is 25.0 Å². The molecule has 3 aromatic rings. The summed E-state index contributed by atoms with van der Waals surface area (Å²) in [6, 6.07) is 8.35. The van der Waals surface area contributed by atoms with Gasteiger partial charge in [-0.3, -0.25) is 0 Å². The number of nitrogens with zero attached hydrogens (tertiary/aromatic N) is 2. The van der Waals surface area contributed by atoms with Crippen LogP contribution in [0.15, 0.2) is 41.1 Å². The summed E-state index contributed by atoms with van der Waals surface area (Å²) in [5, 5.41) is 1.23. The summed E-state index contributed by atoms with van der Waals surface area (Å²) in [6.45, 7) is 0.968. The van der Waals surface area contributed by atoms with Crippen LogP contribution in [0, 0.1) is 5.92 Å². The monoisotopic (exact) mass is 267 g/mol. The SMILES string of the molecule is Nc1ncc2n1CC(Cc1cccc3occc13)CC2. The van der Waals surface area contributed by atoms with Gasteiger partial charge in [-0.1, -0.05) is 12.1 Å². The molecule has 4 nitrogen and oxygen atoms in total. The zero-order valence-electron chi connectivity index (χ0n) is 11.2. The number of nitrogen functional groups attached to an aromatic ring is 1. The Morgan fingerprint density at radius 2 is 2.30 bits per heavy atom. The summed E-state index contributed by atoms with van der Waals surface area (Å²) in [5.41, 5.74) is 9.53. The predicted octanol–water partition coefficient (Wildman–Crippen LogP) is 3.02. The van der Waals surface area contributed by atoms with Crippen molar-refractivity contribution in [1.29, 1.82) is 0 Å². The van der Waals surface area contributed by atoms with Crippen LogP contribution in [0.2, 0.25) is 0 Å². The molecule has 1 aliphatic heterocycles. The van der Waals surface area contributed by atoms with Crippen LogP contribution in [0.3, 0.4) is 0 Å². The number of aryl methyl sites for hydroxylation is 1. The summed E-state index contributed by atoms with van der Waals surface area (Å²) in [6.07, 6.45) is 6.99. The van der Waals surface area contributed by atoms with Gasteiger partial charge in [0.1, 0.15) is 5.58 Å². The molecule has 2 aromatic heterocycles. The van der Waals surface area contributed by atoms with Crippen molar-refractivity contribution in [2.75, 3.05) is 5.73 Å². The van der Waals surface area contributed by atoms with E-state index in [2.05, 4.69) is 27.8 Å². The maximum atomic E-state index is 5.93. The Kier molecular flexibility index (Phi) is 2.55. The molecule has 0 amide bonds. The lowest BCUT2D eigenvalue weighted by Gasteiger charge is -2.25. The second-order valence-electron chi connectivity index (χ2n) is 5.58. The van der Waals surface area contributed by atoms with Gasteiger partial charge in [0.05, 0.1) is 12.5 Å². The van der Waals surface area contributed by atoms with E-state index in [0.29, 0.717) is 11.9 Å². The summed E-state index contributed by atoms with van der Waals surface area (Å²) in [7, 11) is 0. The molecule has 0 saturated heterocycles. The van der Waals surface area contributed by atoms with Gasteiger partial charge >= 0.3 is 0 Å². The minimum atomic E-state index is 0.611. The Labute approximate surface area is 117 Å². The maximum absolute atomic E-state index is 5.93. The van der Waals surface area contributed by atoms with E-state index in [4.69, 9.17) is 10.2 Å². The molecular formula is C16H17N3O. The normalized spacial score (nSPS) is 18.3. The standard InChI is InChI=1S/C16H17N3O/c17-16-18-9-13-5-4-11(10-19(13)16)8-12-2-1-3-15-14(12)6-7-20-15/h1-3,6-7,9,11H,4-5,8,10H2,(H2,17,18). The first-order valence-corrected chi connectivity index (χ1v) is 7.06. The third-order valence-corrected chi connectivity index (χ3v) is 4.31. The zero-order valence-corrected chi connectivity index (χ0v) is 11.2. The number of benzene rings is 1. The fourth-order valence-corrected chi connectivity index (χ4v) is 3.25. The molecular weight excluding hydrogens is 250 g/mol. The quantitative estimate of drug-likeness (QED) is 0.776. The molecule has 0 bridgehead atoms. The van der Waals surface area contributed by atoms with Crippen LogP contribution < -0.4 is 5.73 Å². The van der Waals surface area contributed by atoms with Crippen molar-refractivity contribution in [3.05, 3.63) is 48.0 Å². The van der Waals surface area contributed by atoms with Crippen LogP contribution >= 0.6 is 0 Å². The number of rotatable bonds is 2. The largest absolute Gasteiger partial charge is 0.464 e. The zero-order chi connectivity index (χ0) is 13.5. The van der Waals surface area contributed by atoms with E-state index in [9.17, 15) is 0 Å². The second kappa shape index (κ2) is 4.40. The number of imidazole rings is 1. The molecule has 20 heavy (non-hydrogen) atoms. The van der Waals surface area contributed by atoms with Crippen molar-refractivity contribution in [3.8, 4) is 0 Å². The van der Waals surface area contributed by atoms with E-state index in [1.54, 1.807) is 6.26 Å². The smallest absolute Gasteiger partial charge is 0.200 e. The van der Waals surface area contributed by atoms with Gasteiger partial charge in [0, 0.05) is 17.6 Å². The fraction of sp³-hybridized carbons (Fsp3) is 0.312. The van der Waals surface area contributed by atoms with Crippen LogP contribution in [-0.2, 0) is 19.4 Å². The first kappa shape index (κ1) is 11.6. The summed E-state index contributed by atoms with van der Waals surface area (Å²) in [5.74, 6) is 1.26. The lowest BCUT2D eigenvalue weighted by Crippen LogP contribution is -2.22. The highest BCUT2D eigenvalue weighted by Gasteiger charge is 2.21. The number of nitrogens with two attached hydrogens (primary N) is 1. The molecule has 2 N–H and O–H groups in total. The van der Waals surface area contributed by atoms with Crippen molar-refractivity contribution in [1.82, 2.24) is 9.55 Å². The van der Waals surface area contributed by atoms with Gasteiger partial charge in [0.2, 0.25) is 0 Å². The molecule has 4 rings (SSSR count). The van der Waals surface area contributed by atoms with Crippen LogP contribution in [0.25, 0.3) is 11.0 Å². The van der Waals surface area contributed by atoms with Crippen LogP contribution in [0.5, 0.6) is 0 Å². The first-order valence-electron chi connectivity index (χ1n) is 7.06. The van der Waals surface area contributed by atoms with Crippen molar-refractivity contribution in [3.63, 3.8) is 0 Å². The molecule has 0 spiro atoms. The van der Waals surface area contributed by atoms with Crippen LogP contribution in [0.4, 0.5) is 5.95 Å². The molecule has 4 heteroatoms. The third-order valence-electron chi connectivity index (χ3n) is 4.31. The Bertz CT molecular complexity index is 756. The van der Waals surface area contributed by atoms with E-state index >= 15 is 0 Å². The minimum absolute atomic E-state index is 0.611. The number of fused-ring (bicyclic) bond motifs is 2. The summed E-state index contributed by atoms with van der Waals surface area (Å²) in [4.78, 5) is 4.21. The Morgan fingerprint density at radius 1 is 1.35 bits per heavy atom. The van der Waals surface area contributed by atoms with Gasteiger partial charge in [-0.05, 0) is 42.9 Å². The average molecular weight is 267 g/mol. The molecule has 102 valence electrons. The summed E-state index contributed by atoms with van der Waals surface area (Å²) >= 11 is 0. The van der Waals surface area contributed by atoms with E-state index in [1.807, 2.05) is 12.3 Å². The highest BCUT2D eigenvalue weighted by molar-refractivity contribution is 5.80. The Balaban J connectivity index is 1.61. The molecule has 1 atom stereocenters. The van der Waals surface area contributed by atoms with Gasteiger partial charge in [-0.2, -0.15) is 0 Å². The second-order valence-corrected chi connectivity index (χ2v) is 5.58. The molecule has 1 unspecified atom stereocenters. The van der Waals surface area contributed by atoms with Crippen LogP contribution in [-0.4, -0.2) is 9.55 Å². The molecule has 3 heterocycles. The number of aromatic nitrogens is 2. The lowest BCUT2D eigenvalue weighted by molar-refractivity contribution is 0.372. The van der Waals surface area contributed by atoms with Gasteiger partial charge in [0.25, 0.3) is 0 Å².